The van der Waals surface area contributed by atoms with Crippen molar-refractivity contribution in [2.75, 3.05) is 13.1 Å². The van der Waals surface area contributed by atoms with E-state index in [0.29, 0.717) is 0 Å². The van der Waals surface area contributed by atoms with E-state index in [4.69, 9.17) is 10.6 Å². The number of ether oxygens (including phenoxy) is 1. The van der Waals surface area contributed by atoms with Crippen LogP contribution >= 0.6 is 0 Å². The second-order valence-electron chi connectivity index (χ2n) is 4.65. The molecule has 2 rings (SSSR count). The Morgan fingerprint density at radius 1 is 1.40 bits per heavy atom. The molecule has 1 saturated heterocycles. The molecule has 3 N–H and O–H groups in total. The van der Waals surface area contributed by atoms with Crippen molar-refractivity contribution in [3.05, 3.63) is 35.9 Å². The molecule has 0 aromatic heterocycles. The molecule has 1 aliphatic heterocycles. The maximum atomic E-state index is 14.1. The molecule has 1 unspecified atom stereocenters. The predicted octanol–water partition coefficient (Wildman–Crippen LogP) is 0.727. The van der Waals surface area contributed by atoms with E-state index in [9.17, 15) is 14.0 Å². The quantitative estimate of drug-likeness (QED) is 0.486. The largest absolute Gasteiger partial charge is 0.445 e. The van der Waals surface area contributed by atoms with Crippen molar-refractivity contribution in [2.45, 2.75) is 18.7 Å². The standard InChI is InChI=1S/C13H16FN3O3/c14-13(11(18)16-15)6-7-17(9-13)12(19)20-8-10-4-2-1-3-5-10/h1-5H,6-9,15H2,(H,16,18). The zero-order chi connectivity index (χ0) is 14.6. The van der Waals surface area contributed by atoms with E-state index in [1.54, 1.807) is 5.43 Å². The van der Waals surface area contributed by atoms with Crippen LogP contribution in [0.5, 0.6) is 0 Å². The van der Waals surface area contributed by atoms with Gasteiger partial charge in [0.1, 0.15) is 6.61 Å². The number of carbonyl (C=O) groups is 2. The highest BCUT2D eigenvalue weighted by Crippen LogP contribution is 2.26. The lowest BCUT2D eigenvalue weighted by Gasteiger charge is -2.19. The van der Waals surface area contributed by atoms with E-state index < -0.39 is 17.7 Å². The summed E-state index contributed by atoms with van der Waals surface area (Å²) in [5.74, 6) is 4.00. The van der Waals surface area contributed by atoms with Crippen molar-refractivity contribution < 1.29 is 18.7 Å². The molecule has 1 aromatic carbocycles. The maximum absolute atomic E-state index is 14.1. The zero-order valence-corrected chi connectivity index (χ0v) is 10.8. The number of nitrogens with one attached hydrogen (secondary N) is 1. The lowest BCUT2D eigenvalue weighted by Crippen LogP contribution is -2.48. The number of benzene rings is 1. The minimum Gasteiger partial charge on any atom is -0.445 e. The molecule has 1 aliphatic rings. The van der Waals surface area contributed by atoms with Gasteiger partial charge in [0.2, 0.25) is 5.67 Å². The first-order chi connectivity index (χ1) is 9.55. The maximum Gasteiger partial charge on any atom is 0.410 e. The molecule has 0 aliphatic carbocycles. The Morgan fingerprint density at radius 2 is 2.10 bits per heavy atom. The number of nitrogens with zero attached hydrogens (tertiary/aromatic N) is 1. The summed E-state index contributed by atoms with van der Waals surface area (Å²) in [4.78, 5) is 24.2. The Labute approximate surface area is 115 Å². The number of hydrazine groups is 1. The average Bonchev–Trinajstić information content (AvgIpc) is 2.89. The number of amides is 2. The molecule has 1 aromatic rings. The van der Waals surface area contributed by atoms with Gasteiger partial charge in [0.05, 0.1) is 6.54 Å². The molecule has 1 atom stereocenters. The zero-order valence-electron chi connectivity index (χ0n) is 10.8. The number of hydrogen-bond donors (Lipinski definition) is 2. The van der Waals surface area contributed by atoms with Crippen LogP contribution in [-0.4, -0.2) is 35.7 Å². The molecule has 0 saturated carbocycles. The predicted molar refractivity (Wildman–Crippen MR) is 69.0 cm³/mol. The highest BCUT2D eigenvalue weighted by atomic mass is 19.1. The molecule has 0 spiro atoms. The third-order valence-electron chi connectivity index (χ3n) is 3.22. The van der Waals surface area contributed by atoms with Crippen LogP contribution in [0, 0.1) is 0 Å². The van der Waals surface area contributed by atoms with Gasteiger partial charge in [0.15, 0.2) is 0 Å². The summed E-state index contributed by atoms with van der Waals surface area (Å²) in [6.07, 6.45) is -0.727. The van der Waals surface area contributed by atoms with Gasteiger partial charge in [0.25, 0.3) is 5.91 Å². The normalized spacial score (nSPS) is 21.6. The molecule has 6 nitrogen and oxygen atoms in total. The highest BCUT2D eigenvalue weighted by Gasteiger charge is 2.46. The minimum absolute atomic E-state index is 0.0868. The molecule has 1 fully saturated rings. The summed E-state index contributed by atoms with van der Waals surface area (Å²) in [5, 5.41) is 0. The van der Waals surface area contributed by atoms with E-state index in [1.807, 2.05) is 30.3 Å². The van der Waals surface area contributed by atoms with Crippen molar-refractivity contribution in [3.8, 4) is 0 Å². The number of nitrogens with two attached hydrogens (primary N) is 1. The van der Waals surface area contributed by atoms with Gasteiger partial charge in [-0.15, -0.1) is 0 Å². The second kappa shape index (κ2) is 5.87. The van der Waals surface area contributed by atoms with Gasteiger partial charge >= 0.3 is 6.09 Å². The molecular formula is C13H16FN3O3. The minimum atomic E-state index is -2.14. The van der Waals surface area contributed by atoms with E-state index >= 15 is 0 Å². The number of alkyl halides is 1. The van der Waals surface area contributed by atoms with Crippen molar-refractivity contribution in [3.63, 3.8) is 0 Å². The van der Waals surface area contributed by atoms with Gasteiger partial charge in [-0.25, -0.2) is 15.0 Å². The monoisotopic (exact) mass is 281 g/mol. The van der Waals surface area contributed by atoms with Crippen LogP contribution < -0.4 is 11.3 Å². The topological polar surface area (TPSA) is 84.7 Å². The number of carbonyl (C=O) groups excluding carboxylic acids is 2. The SMILES string of the molecule is NNC(=O)C1(F)CCN(C(=O)OCc2ccccc2)C1. The Morgan fingerprint density at radius 3 is 2.75 bits per heavy atom. The third kappa shape index (κ3) is 3.05. The van der Waals surface area contributed by atoms with Crippen LogP contribution in [0.15, 0.2) is 30.3 Å². The van der Waals surface area contributed by atoms with Crippen LogP contribution in [0.2, 0.25) is 0 Å². The summed E-state index contributed by atoms with van der Waals surface area (Å²) in [6, 6.07) is 9.15. The fourth-order valence-electron chi connectivity index (χ4n) is 2.05. The van der Waals surface area contributed by atoms with E-state index in [0.717, 1.165) is 10.5 Å². The molecule has 0 bridgehead atoms. The summed E-state index contributed by atoms with van der Waals surface area (Å²) in [7, 11) is 0. The molecule has 0 radical (unpaired) electrons. The second-order valence-corrected chi connectivity index (χ2v) is 4.65. The molecule has 2 amide bonds. The van der Waals surface area contributed by atoms with Crippen molar-refractivity contribution >= 4 is 12.0 Å². The molecule has 7 heteroatoms. The average molecular weight is 281 g/mol. The fraction of sp³-hybridized carbons (Fsp3) is 0.385. The Kier molecular flexibility index (Phi) is 4.19. The Balaban J connectivity index is 1.87. The first kappa shape index (κ1) is 14.3. The van der Waals surface area contributed by atoms with E-state index in [-0.39, 0.29) is 26.1 Å². The van der Waals surface area contributed by atoms with Crippen molar-refractivity contribution in [1.82, 2.24) is 10.3 Å². The molecule has 20 heavy (non-hydrogen) atoms. The van der Waals surface area contributed by atoms with Gasteiger partial charge in [-0.3, -0.25) is 10.2 Å². The molecular weight excluding hydrogens is 265 g/mol. The smallest absolute Gasteiger partial charge is 0.410 e. The fourth-order valence-corrected chi connectivity index (χ4v) is 2.05. The van der Waals surface area contributed by atoms with Crippen molar-refractivity contribution in [1.29, 1.82) is 0 Å². The van der Waals surface area contributed by atoms with Crippen LogP contribution in [-0.2, 0) is 16.1 Å². The first-order valence-electron chi connectivity index (χ1n) is 6.21. The number of likely N-dealkylation sites (tertiary alicyclic amines) is 1. The molecule has 1 heterocycles. The van der Waals surface area contributed by atoms with Gasteiger partial charge in [-0.05, 0) is 5.56 Å². The van der Waals surface area contributed by atoms with E-state index in [1.165, 1.54) is 0 Å². The van der Waals surface area contributed by atoms with E-state index in [2.05, 4.69) is 0 Å². The van der Waals surface area contributed by atoms with Gasteiger partial charge < -0.3 is 9.64 Å². The van der Waals surface area contributed by atoms with Crippen LogP contribution in [0.1, 0.15) is 12.0 Å². The Bertz CT molecular complexity index is 497. The van der Waals surface area contributed by atoms with Crippen LogP contribution in [0.25, 0.3) is 0 Å². The van der Waals surface area contributed by atoms with Gasteiger partial charge in [0, 0.05) is 13.0 Å². The summed E-state index contributed by atoms with van der Waals surface area (Å²) in [5.41, 5.74) is 0.473. The highest BCUT2D eigenvalue weighted by molar-refractivity contribution is 5.86. The van der Waals surface area contributed by atoms with Crippen molar-refractivity contribution in [2.24, 2.45) is 5.84 Å². The third-order valence-corrected chi connectivity index (χ3v) is 3.22. The summed E-state index contributed by atoms with van der Waals surface area (Å²) >= 11 is 0. The number of rotatable bonds is 3. The first-order valence-corrected chi connectivity index (χ1v) is 6.21. The summed E-state index contributed by atoms with van der Waals surface area (Å²) in [6.45, 7) is -0.111. The number of hydrogen-bond acceptors (Lipinski definition) is 4. The number of halogens is 1. The Hall–Kier alpha value is -2.15. The lowest BCUT2D eigenvalue weighted by molar-refractivity contribution is -0.132. The lowest BCUT2D eigenvalue weighted by atomic mass is 10.1. The van der Waals surface area contributed by atoms with Gasteiger partial charge in [-0.2, -0.15) is 0 Å². The van der Waals surface area contributed by atoms with Crippen LogP contribution in [0.4, 0.5) is 9.18 Å². The van der Waals surface area contributed by atoms with Gasteiger partial charge in [-0.1, -0.05) is 30.3 Å². The van der Waals surface area contributed by atoms with Crippen LogP contribution in [0.3, 0.4) is 0 Å². The summed E-state index contributed by atoms with van der Waals surface area (Å²) < 4.78 is 19.2. The molecule has 108 valence electrons.